The lowest BCUT2D eigenvalue weighted by Gasteiger charge is -2.37. The maximum absolute atomic E-state index is 6.14. The number of rotatable bonds is 7. The highest BCUT2D eigenvalue weighted by atomic mass is 16.5. The molecule has 1 atom stereocenters. The molecule has 1 N–H and O–H groups in total. The average Bonchev–Trinajstić information content (AvgIpc) is 3.34. The standard InChI is InChI=1S/C23H28N8O/c1-5-17-11-21(26-15(2)25-17)27-22-12-19-10-16(6-9-31(19)28-22)23-20(13-24-30(23)4)32-14-18-7-8-29(18)3/h6,9-13,18H,5,7-8,14H2,1-4H3,(H,25,26,27,28)/t18-/m0/s1. The van der Waals surface area contributed by atoms with Gasteiger partial charge in [-0.2, -0.15) is 10.2 Å². The number of nitrogens with zero attached hydrogens (tertiary/aromatic N) is 7. The molecule has 0 unspecified atom stereocenters. The first-order valence-corrected chi connectivity index (χ1v) is 11.0. The Morgan fingerprint density at radius 2 is 2.03 bits per heavy atom. The van der Waals surface area contributed by atoms with Gasteiger partial charge in [0.25, 0.3) is 0 Å². The molecule has 9 nitrogen and oxygen atoms in total. The van der Waals surface area contributed by atoms with Crippen molar-refractivity contribution in [2.75, 3.05) is 25.5 Å². The van der Waals surface area contributed by atoms with Crippen LogP contribution in [0.5, 0.6) is 5.75 Å². The first-order chi connectivity index (χ1) is 15.5. The number of nitrogens with one attached hydrogen (secondary N) is 1. The van der Waals surface area contributed by atoms with E-state index in [1.54, 1.807) is 6.20 Å². The van der Waals surface area contributed by atoms with Crippen molar-refractivity contribution in [1.82, 2.24) is 34.3 Å². The third kappa shape index (κ3) is 3.91. The van der Waals surface area contributed by atoms with Crippen LogP contribution in [0.1, 0.15) is 24.9 Å². The molecule has 0 aromatic carbocycles. The monoisotopic (exact) mass is 432 g/mol. The number of anilines is 2. The Kier molecular flexibility index (Phi) is 5.26. The van der Waals surface area contributed by atoms with Gasteiger partial charge in [-0.05, 0) is 45.5 Å². The van der Waals surface area contributed by atoms with Gasteiger partial charge in [0.05, 0.1) is 11.7 Å². The molecule has 0 saturated carbocycles. The van der Waals surface area contributed by atoms with Crippen molar-refractivity contribution in [2.24, 2.45) is 7.05 Å². The van der Waals surface area contributed by atoms with E-state index in [1.807, 2.05) is 47.6 Å². The van der Waals surface area contributed by atoms with Crippen LogP contribution >= 0.6 is 0 Å². The Labute approximate surface area is 187 Å². The minimum atomic E-state index is 0.479. The van der Waals surface area contributed by atoms with Gasteiger partial charge in [-0.3, -0.25) is 9.58 Å². The third-order valence-electron chi connectivity index (χ3n) is 6.02. The molecule has 4 aromatic rings. The van der Waals surface area contributed by atoms with Gasteiger partial charge in [-0.25, -0.2) is 14.5 Å². The second kappa shape index (κ2) is 8.23. The van der Waals surface area contributed by atoms with E-state index in [0.717, 1.165) is 58.6 Å². The number of ether oxygens (including phenoxy) is 1. The van der Waals surface area contributed by atoms with Crippen molar-refractivity contribution < 1.29 is 4.74 Å². The van der Waals surface area contributed by atoms with E-state index in [4.69, 9.17) is 4.74 Å². The zero-order valence-electron chi connectivity index (χ0n) is 18.9. The number of likely N-dealkylation sites (N-methyl/N-ethyl adjacent to an activating group) is 1. The molecular weight excluding hydrogens is 404 g/mol. The van der Waals surface area contributed by atoms with Crippen LogP contribution in [-0.2, 0) is 13.5 Å². The van der Waals surface area contributed by atoms with Crippen LogP contribution in [-0.4, -0.2) is 60.5 Å². The minimum absolute atomic E-state index is 0.479. The van der Waals surface area contributed by atoms with Crippen molar-refractivity contribution in [3.8, 4) is 17.0 Å². The fraction of sp³-hybridized carbons (Fsp3) is 0.391. The number of likely N-dealkylation sites (tertiary alicyclic amines) is 1. The van der Waals surface area contributed by atoms with Crippen molar-refractivity contribution in [1.29, 1.82) is 0 Å². The molecule has 5 rings (SSSR count). The fourth-order valence-electron chi connectivity index (χ4n) is 4.03. The van der Waals surface area contributed by atoms with Gasteiger partial charge >= 0.3 is 0 Å². The molecule has 4 aromatic heterocycles. The van der Waals surface area contributed by atoms with Gasteiger partial charge in [0.15, 0.2) is 11.6 Å². The molecule has 0 aliphatic carbocycles. The number of aryl methyl sites for hydroxylation is 3. The highest BCUT2D eigenvalue weighted by Crippen LogP contribution is 2.31. The molecule has 166 valence electrons. The van der Waals surface area contributed by atoms with E-state index in [0.29, 0.717) is 12.6 Å². The highest BCUT2D eigenvalue weighted by molar-refractivity contribution is 5.72. The van der Waals surface area contributed by atoms with Crippen molar-refractivity contribution in [2.45, 2.75) is 32.7 Å². The Bertz CT molecular complexity index is 1260. The van der Waals surface area contributed by atoms with E-state index in [-0.39, 0.29) is 0 Å². The lowest BCUT2D eigenvalue weighted by Crippen LogP contribution is -2.48. The smallest absolute Gasteiger partial charge is 0.165 e. The van der Waals surface area contributed by atoms with Crippen molar-refractivity contribution in [3.63, 3.8) is 0 Å². The average molecular weight is 433 g/mol. The minimum Gasteiger partial charge on any atom is -0.488 e. The predicted octanol–water partition coefficient (Wildman–Crippen LogP) is 3.22. The molecule has 0 spiro atoms. The lowest BCUT2D eigenvalue weighted by molar-refractivity contribution is 0.0771. The van der Waals surface area contributed by atoms with Gasteiger partial charge in [0.2, 0.25) is 0 Å². The quantitative estimate of drug-likeness (QED) is 0.480. The van der Waals surface area contributed by atoms with Gasteiger partial charge in [0, 0.05) is 42.7 Å². The van der Waals surface area contributed by atoms with Crippen molar-refractivity contribution >= 4 is 17.2 Å². The van der Waals surface area contributed by atoms with Crippen LogP contribution in [0.4, 0.5) is 11.6 Å². The maximum Gasteiger partial charge on any atom is 0.165 e. The molecule has 1 fully saturated rings. The summed E-state index contributed by atoms with van der Waals surface area (Å²) in [5.41, 5.74) is 3.97. The molecule has 5 heterocycles. The zero-order valence-corrected chi connectivity index (χ0v) is 18.9. The Morgan fingerprint density at radius 1 is 1.16 bits per heavy atom. The molecule has 1 aliphatic rings. The van der Waals surface area contributed by atoms with Crippen LogP contribution in [0.2, 0.25) is 0 Å². The zero-order chi connectivity index (χ0) is 22.2. The number of hydrogen-bond donors (Lipinski definition) is 1. The molecule has 32 heavy (non-hydrogen) atoms. The van der Waals surface area contributed by atoms with Gasteiger partial charge in [-0.15, -0.1) is 0 Å². The first kappa shape index (κ1) is 20.4. The number of pyridine rings is 1. The Balaban J connectivity index is 1.40. The molecule has 1 saturated heterocycles. The van der Waals surface area contributed by atoms with E-state index >= 15 is 0 Å². The maximum atomic E-state index is 6.14. The second-order valence-corrected chi connectivity index (χ2v) is 8.30. The normalized spacial score (nSPS) is 16.3. The fourth-order valence-corrected chi connectivity index (χ4v) is 4.03. The summed E-state index contributed by atoms with van der Waals surface area (Å²) in [4.78, 5) is 11.2. The van der Waals surface area contributed by atoms with Gasteiger partial charge in [0.1, 0.15) is 23.9 Å². The topological polar surface area (TPSA) is 85.4 Å². The molecule has 9 heteroatoms. The van der Waals surface area contributed by atoms with Gasteiger partial charge < -0.3 is 10.1 Å². The largest absolute Gasteiger partial charge is 0.488 e. The molecule has 1 aliphatic heterocycles. The third-order valence-corrected chi connectivity index (χ3v) is 6.02. The number of fused-ring (bicyclic) bond motifs is 1. The van der Waals surface area contributed by atoms with Crippen molar-refractivity contribution in [3.05, 3.63) is 48.2 Å². The summed E-state index contributed by atoms with van der Waals surface area (Å²) in [7, 11) is 4.07. The molecular formula is C23H28N8O. The summed E-state index contributed by atoms with van der Waals surface area (Å²) < 4.78 is 9.85. The summed E-state index contributed by atoms with van der Waals surface area (Å²) in [6.07, 6.45) is 5.79. The Hall–Kier alpha value is -3.46. The summed E-state index contributed by atoms with van der Waals surface area (Å²) in [5.74, 6) is 3.03. The number of hydrogen-bond acceptors (Lipinski definition) is 7. The van der Waals surface area contributed by atoms with Gasteiger partial charge in [-0.1, -0.05) is 6.92 Å². The van der Waals surface area contributed by atoms with Crippen LogP contribution in [0.3, 0.4) is 0 Å². The summed E-state index contributed by atoms with van der Waals surface area (Å²) in [6, 6.07) is 8.58. The van der Waals surface area contributed by atoms with Crippen LogP contribution in [0.15, 0.2) is 36.7 Å². The second-order valence-electron chi connectivity index (χ2n) is 8.30. The lowest BCUT2D eigenvalue weighted by atomic mass is 10.1. The molecule has 0 radical (unpaired) electrons. The Morgan fingerprint density at radius 3 is 2.78 bits per heavy atom. The van der Waals surface area contributed by atoms with Crippen LogP contribution in [0, 0.1) is 6.92 Å². The first-order valence-electron chi connectivity index (χ1n) is 11.0. The molecule has 0 amide bonds. The summed E-state index contributed by atoms with van der Waals surface area (Å²) >= 11 is 0. The van der Waals surface area contributed by atoms with E-state index in [1.165, 1.54) is 6.42 Å². The number of aromatic nitrogens is 6. The summed E-state index contributed by atoms with van der Waals surface area (Å²) in [6.45, 7) is 5.79. The molecule has 0 bridgehead atoms. The van der Waals surface area contributed by atoms with Crippen LogP contribution in [0.25, 0.3) is 16.8 Å². The van der Waals surface area contributed by atoms with E-state index < -0.39 is 0 Å². The summed E-state index contributed by atoms with van der Waals surface area (Å²) in [5, 5.41) is 12.4. The van der Waals surface area contributed by atoms with E-state index in [2.05, 4.69) is 50.4 Å². The van der Waals surface area contributed by atoms with E-state index in [9.17, 15) is 0 Å². The predicted molar refractivity (Wildman–Crippen MR) is 123 cm³/mol. The highest BCUT2D eigenvalue weighted by Gasteiger charge is 2.25. The van der Waals surface area contributed by atoms with Crippen LogP contribution < -0.4 is 10.1 Å². The SMILES string of the molecule is CCc1cc(Nc2cc3cc(-c4c(OC[C@@H]5CCN5C)cnn4C)ccn3n2)nc(C)n1.